The Balaban J connectivity index is 3.64. The summed E-state index contributed by atoms with van der Waals surface area (Å²) >= 11 is 0. The predicted octanol–water partition coefficient (Wildman–Crippen LogP) is -1.50. The number of nitrogens with one attached hydrogen (secondary N) is 2. The lowest BCUT2D eigenvalue weighted by Crippen LogP contribution is -2.46. The van der Waals surface area contributed by atoms with E-state index in [1.54, 1.807) is 0 Å². The topological polar surface area (TPSA) is 169 Å². The number of nitrogens with zero attached hydrogens (tertiary/aromatic N) is 1. The molecule has 0 aliphatic rings. The van der Waals surface area contributed by atoms with Crippen molar-refractivity contribution in [3.8, 4) is 0 Å². The third-order valence-electron chi connectivity index (χ3n) is 3.08. The van der Waals surface area contributed by atoms with Crippen molar-refractivity contribution >= 4 is 17.8 Å². The first-order valence-corrected chi connectivity index (χ1v) is 7.98. The first-order chi connectivity index (χ1) is 11.0. The monoisotopic (exact) mass is 330 g/mol. The lowest BCUT2D eigenvalue weighted by Gasteiger charge is -2.13. The van der Waals surface area contributed by atoms with Crippen molar-refractivity contribution in [1.82, 2.24) is 10.6 Å². The Kier molecular flexibility index (Phi) is 12.7. The van der Waals surface area contributed by atoms with E-state index in [1.807, 2.05) is 0 Å². The van der Waals surface area contributed by atoms with Gasteiger partial charge < -0.3 is 32.9 Å². The molecule has 0 rings (SSSR count). The molecule has 0 spiro atoms. The normalized spacial score (nSPS) is 11.6. The van der Waals surface area contributed by atoms with Crippen molar-refractivity contribution in [3.63, 3.8) is 0 Å². The van der Waals surface area contributed by atoms with Gasteiger partial charge in [0, 0.05) is 19.5 Å². The Morgan fingerprint density at radius 1 is 1.04 bits per heavy atom. The molecule has 0 saturated heterocycles. The van der Waals surface area contributed by atoms with Gasteiger partial charge >= 0.3 is 0 Å². The van der Waals surface area contributed by atoms with Gasteiger partial charge in [0.2, 0.25) is 12.1 Å². The Morgan fingerprint density at radius 3 is 2.39 bits per heavy atom. The Labute approximate surface area is 137 Å². The Hall–Kier alpha value is -1.87. The zero-order valence-corrected chi connectivity index (χ0v) is 13.6. The smallest absolute Gasteiger partial charge is 0.269 e. The number of hydrogen-bond donors (Lipinski definition) is 6. The van der Waals surface area contributed by atoms with Crippen LogP contribution in [0.5, 0.6) is 0 Å². The second-order valence-corrected chi connectivity index (χ2v) is 5.23. The van der Waals surface area contributed by atoms with Gasteiger partial charge in [-0.1, -0.05) is 12.8 Å². The van der Waals surface area contributed by atoms with Gasteiger partial charge in [-0.2, -0.15) is 0 Å². The van der Waals surface area contributed by atoms with E-state index < -0.39 is 12.1 Å². The summed E-state index contributed by atoms with van der Waals surface area (Å²) in [6, 6.07) is 0. The summed E-state index contributed by atoms with van der Waals surface area (Å²) in [6.07, 6.45) is 3.59. The van der Waals surface area contributed by atoms with Crippen LogP contribution in [-0.4, -0.2) is 48.7 Å². The zero-order valence-electron chi connectivity index (χ0n) is 13.6. The highest BCUT2D eigenvalue weighted by Crippen LogP contribution is 2.03. The van der Waals surface area contributed by atoms with E-state index in [0.29, 0.717) is 26.1 Å². The highest BCUT2D eigenvalue weighted by atomic mass is 16.3. The van der Waals surface area contributed by atoms with Crippen LogP contribution in [0.4, 0.5) is 0 Å². The van der Waals surface area contributed by atoms with Crippen LogP contribution >= 0.6 is 0 Å². The minimum atomic E-state index is -1.51. The van der Waals surface area contributed by atoms with Crippen molar-refractivity contribution in [2.24, 2.45) is 22.2 Å². The van der Waals surface area contributed by atoms with E-state index in [2.05, 4.69) is 15.6 Å². The summed E-state index contributed by atoms with van der Waals surface area (Å²) in [5.41, 5.74) is 15.7. The maximum atomic E-state index is 11.6. The number of carbonyl (C=O) groups excluding carboxylic acids is 2. The zero-order chi connectivity index (χ0) is 17.5. The number of amides is 2. The van der Waals surface area contributed by atoms with E-state index in [-0.39, 0.29) is 18.3 Å². The number of aliphatic imine (C=N–C) groups is 1. The molecule has 0 radical (unpaired) electrons. The third-order valence-corrected chi connectivity index (χ3v) is 3.08. The Bertz CT molecular complexity index is 372. The van der Waals surface area contributed by atoms with Crippen LogP contribution in [0, 0.1) is 0 Å². The average molecular weight is 330 g/mol. The molecular formula is C14H30N6O3. The minimum Gasteiger partial charge on any atom is -0.370 e. The van der Waals surface area contributed by atoms with Crippen molar-refractivity contribution in [1.29, 1.82) is 0 Å². The van der Waals surface area contributed by atoms with Crippen molar-refractivity contribution < 1.29 is 14.7 Å². The highest BCUT2D eigenvalue weighted by molar-refractivity contribution is 5.86. The van der Waals surface area contributed by atoms with Gasteiger partial charge in [0.25, 0.3) is 5.91 Å². The van der Waals surface area contributed by atoms with Crippen LogP contribution in [0.2, 0.25) is 0 Å². The van der Waals surface area contributed by atoms with Gasteiger partial charge in [-0.15, -0.1) is 0 Å². The second-order valence-electron chi connectivity index (χ2n) is 5.23. The summed E-state index contributed by atoms with van der Waals surface area (Å²) in [5.74, 6) is -0.869. The van der Waals surface area contributed by atoms with Crippen molar-refractivity contribution in [2.75, 3.05) is 19.6 Å². The Morgan fingerprint density at radius 2 is 1.74 bits per heavy atom. The summed E-state index contributed by atoms with van der Waals surface area (Å²) in [7, 11) is 0. The van der Waals surface area contributed by atoms with E-state index >= 15 is 0 Å². The van der Waals surface area contributed by atoms with Crippen molar-refractivity contribution in [2.45, 2.75) is 51.2 Å². The first-order valence-electron chi connectivity index (χ1n) is 7.98. The van der Waals surface area contributed by atoms with Gasteiger partial charge in [0.05, 0.1) is 0 Å². The van der Waals surface area contributed by atoms with Gasteiger partial charge in [0.1, 0.15) is 0 Å². The molecule has 0 aliphatic carbocycles. The van der Waals surface area contributed by atoms with Crippen LogP contribution in [0.25, 0.3) is 0 Å². The third kappa shape index (κ3) is 13.5. The maximum absolute atomic E-state index is 11.6. The van der Waals surface area contributed by atoms with E-state index in [9.17, 15) is 14.7 Å². The number of hydrogen-bond acceptors (Lipinski definition) is 5. The SMILES string of the molecule is NCCCCNC(=O)[C@H](O)NC(=O)CCCCCCN=C(N)N. The fourth-order valence-electron chi connectivity index (χ4n) is 1.83. The number of nitrogens with two attached hydrogens (primary N) is 3. The molecule has 9 nitrogen and oxygen atoms in total. The van der Waals surface area contributed by atoms with E-state index in [1.165, 1.54) is 0 Å². The molecule has 0 unspecified atom stereocenters. The van der Waals surface area contributed by atoms with E-state index in [0.717, 1.165) is 32.1 Å². The molecule has 2 amide bonds. The summed E-state index contributed by atoms with van der Waals surface area (Å²) in [5, 5.41) is 14.4. The maximum Gasteiger partial charge on any atom is 0.269 e. The molecule has 0 heterocycles. The molecule has 0 saturated carbocycles. The van der Waals surface area contributed by atoms with Crippen LogP contribution in [0.1, 0.15) is 44.9 Å². The fourth-order valence-corrected chi connectivity index (χ4v) is 1.83. The van der Waals surface area contributed by atoms with Gasteiger partial charge in [0.15, 0.2) is 5.96 Å². The summed E-state index contributed by atoms with van der Waals surface area (Å²) < 4.78 is 0. The number of carbonyl (C=O) groups is 2. The first kappa shape index (κ1) is 21.1. The van der Waals surface area contributed by atoms with E-state index in [4.69, 9.17) is 17.2 Å². The number of guanidine groups is 1. The lowest BCUT2D eigenvalue weighted by molar-refractivity contribution is -0.136. The lowest BCUT2D eigenvalue weighted by atomic mass is 10.1. The van der Waals surface area contributed by atoms with Crippen LogP contribution in [0.3, 0.4) is 0 Å². The second kappa shape index (κ2) is 13.8. The van der Waals surface area contributed by atoms with Gasteiger partial charge in [-0.25, -0.2) is 0 Å². The molecule has 134 valence electrons. The largest absolute Gasteiger partial charge is 0.370 e. The number of rotatable bonds is 13. The molecule has 0 bridgehead atoms. The number of aliphatic hydroxyl groups excluding tert-OH is 1. The predicted molar refractivity (Wildman–Crippen MR) is 89.2 cm³/mol. The van der Waals surface area contributed by atoms with Gasteiger partial charge in [-0.3, -0.25) is 14.6 Å². The molecule has 1 atom stereocenters. The molecule has 0 aromatic rings. The fraction of sp³-hybridized carbons (Fsp3) is 0.786. The van der Waals surface area contributed by atoms with Crippen LogP contribution in [0.15, 0.2) is 4.99 Å². The molecule has 9 heteroatoms. The molecule has 0 aromatic heterocycles. The van der Waals surface area contributed by atoms with Crippen LogP contribution < -0.4 is 27.8 Å². The van der Waals surface area contributed by atoms with Gasteiger partial charge in [-0.05, 0) is 32.2 Å². The molecule has 0 fully saturated rings. The summed E-state index contributed by atoms with van der Waals surface area (Å²) in [4.78, 5) is 27.0. The van der Waals surface area contributed by atoms with Crippen LogP contribution in [-0.2, 0) is 9.59 Å². The highest BCUT2D eigenvalue weighted by Gasteiger charge is 2.16. The molecule has 23 heavy (non-hydrogen) atoms. The number of unbranched alkanes of at least 4 members (excludes halogenated alkanes) is 4. The molecule has 0 aromatic carbocycles. The molecular weight excluding hydrogens is 300 g/mol. The quantitative estimate of drug-likeness (QED) is 0.104. The number of aliphatic hydroxyl groups is 1. The minimum absolute atomic E-state index is 0.0830. The summed E-state index contributed by atoms with van der Waals surface area (Å²) in [6.45, 7) is 1.57. The standard InChI is InChI=1S/C14H30N6O3/c15-8-4-6-9-18-12(22)13(23)20-11(21)7-3-1-2-5-10-19-14(16)17/h13,23H,1-10,15H2,(H,18,22)(H,20,21)(H4,16,17,19)/t13-/m0/s1. The average Bonchev–Trinajstić information content (AvgIpc) is 2.50. The molecule has 9 N–H and O–H groups in total. The molecule has 0 aliphatic heterocycles. The van der Waals surface area contributed by atoms with Crippen molar-refractivity contribution in [3.05, 3.63) is 0 Å².